The molecule has 1 aliphatic rings. The molecule has 6 heteroatoms. The van der Waals surface area contributed by atoms with Crippen LogP contribution in [-0.2, 0) is 5.41 Å². The number of hydrogen-bond donors (Lipinski definition) is 0. The molecule has 0 radical (unpaired) electrons. The number of nitrogens with zero attached hydrogens (tertiary/aromatic N) is 3. The van der Waals surface area contributed by atoms with E-state index in [-0.39, 0.29) is 11.5 Å². The van der Waals surface area contributed by atoms with Gasteiger partial charge in [-0.1, -0.05) is 44.5 Å². The highest BCUT2D eigenvalue weighted by atomic mass is 35.5. The van der Waals surface area contributed by atoms with E-state index >= 15 is 0 Å². The summed E-state index contributed by atoms with van der Waals surface area (Å²) in [4.78, 5) is 20.5. The van der Waals surface area contributed by atoms with Gasteiger partial charge in [-0.05, 0) is 35.2 Å². The highest BCUT2D eigenvalue weighted by Crippen LogP contribution is 2.25. The molecule has 0 aliphatic carbocycles. The summed E-state index contributed by atoms with van der Waals surface area (Å²) < 4.78 is 5.51. The van der Waals surface area contributed by atoms with Crippen LogP contribution < -0.4 is 9.64 Å². The first kappa shape index (κ1) is 18.5. The molecule has 1 aromatic carbocycles. The molecule has 2 heterocycles. The molecular weight excluding hydrogens is 350 g/mol. The number of benzene rings is 1. The van der Waals surface area contributed by atoms with E-state index in [0.29, 0.717) is 37.0 Å². The lowest BCUT2D eigenvalue weighted by atomic mass is 9.87. The summed E-state index contributed by atoms with van der Waals surface area (Å²) in [6.45, 7) is 8.96. The standard InChI is InChI=1S/C20H24ClN3O2/c1-20(2,3)15-6-8-16(9-7-15)26-19(25)24-13-11-23(12-14-24)18-17(21)5-4-10-22-18/h4-10H,11-14H2,1-3H3. The van der Waals surface area contributed by atoms with Gasteiger partial charge in [-0.25, -0.2) is 9.78 Å². The summed E-state index contributed by atoms with van der Waals surface area (Å²) in [6, 6.07) is 11.3. The molecule has 0 unspecified atom stereocenters. The van der Waals surface area contributed by atoms with Gasteiger partial charge < -0.3 is 14.5 Å². The molecule has 5 nitrogen and oxygen atoms in total. The van der Waals surface area contributed by atoms with E-state index in [4.69, 9.17) is 16.3 Å². The van der Waals surface area contributed by atoms with Gasteiger partial charge in [-0.15, -0.1) is 0 Å². The molecule has 0 N–H and O–H groups in total. The van der Waals surface area contributed by atoms with E-state index in [9.17, 15) is 4.79 Å². The predicted octanol–water partition coefficient (Wildman–Crippen LogP) is 4.35. The second-order valence-electron chi connectivity index (χ2n) is 7.43. The lowest BCUT2D eigenvalue weighted by Crippen LogP contribution is -2.50. The van der Waals surface area contributed by atoms with Gasteiger partial charge in [0.15, 0.2) is 0 Å². The third-order valence-electron chi connectivity index (χ3n) is 4.50. The van der Waals surface area contributed by atoms with Crippen LogP contribution in [0.1, 0.15) is 26.3 Å². The van der Waals surface area contributed by atoms with Gasteiger partial charge in [-0.3, -0.25) is 0 Å². The fourth-order valence-corrected chi connectivity index (χ4v) is 3.14. The number of ether oxygens (including phenoxy) is 1. The molecule has 0 atom stereocenters. The largest absolute Gasteiger partial charge is 0.415 e. The zero-order valence-electron chi connectivity index (χ0n) is 15.4. The first-order valence-electron chi connectivity index (χ1n) is 8.77. The van der Waals surface area contributed by atoms with Crippen molar-refractivity contribution >= 4 is 23.5 Å². The number of pyridine rings is 1. The molecule has 1 saturated heterocycles. The molecule has 1 aromatic heterocycles. The number of halogens is 1. The van der Waals surface area contributed by atoms with Gasteiger partial charge in [0.2, 0.25) is 0 Å². The third kappa shape index (κ3) is 4.28. The average Bonchev–Trinajstić information content (AvgIpc) is 2.62. The smallest absolute Gasteiger partial charge is 0.410 e. The van der Waals surface area contributed by atoms with Crippen molar-refractivity contribution in [1.29, 1.82) is 0 Å². The summed E-state index contributed by atoms with van der Waals surface area (Å²) in [7, 11) is 0. The Bertz CT molecular complexity index is 763. The number of carbonyl (C=O) groups excluding carboxylic acids is 1. The number of hydrogen-bond acceptors (Lipinski definition) is 4. The molecule has 26 heavy (non-hydrogen) atoms. The summed E-state index contributed by atoms with van der Waals surface area (Å²) in [5.41, 5.74) is 1.28. The van der Waals surface area contributed by atoms with Crippen LogP contribution in [0.4, 0.5) is 10.6 Å². The van der Waals surface area contributed by atoms with E-state index in [0.717, 1.165) is 5.82 Å². The van der Waals surface area contributed by atoms with Crippen molar-refractivity contribution in [3.05, 3.63) is 53.2 Å². The Morgan fingerprint density at radius 2 is 1.73 bits per heavy atom. The highest BCUT2D eigenvalue weighted by Gasteiger charge is 2.24. The Labute approximate surface area is 159 Å². The van der Waals surface area contributed by atoms with Crippen LogP contribution in [0.5, 0.6) is 5.75 Å². The van der Waals surface area contributed by atoms with Crippen molar-refractivity contribution < 1.29 is 9.53 Å². The van der Waals surface area contributed by atoms with Crippen LogP contribution in [0.3, 0.4) is 0 Å². The van der Waals surface area contributed by atoms with Crippen molar-refractivity contribution in [3.63, 3.8) is 0 Å². The van der Waals surface area contributed by atoms with Crippen LogP contribution in [0, 0.1) is 0 Å². The summed E-state index contributed by atoms with van der Waals surface area (Å²) in [5, 5.41) is 0.627. The molecular formula is C20H24ClN3O2. The fourth-order valence-electron chi connectivity index (χ4n) is 2.90. The maximum Gasteiger partial charge on any atom is 0.415 e. The quantitative estimate of drug-likeness (QED) is 0.784. The lowest BCUT2D eigenvalue weighted by molar-refractivity contribution is 0.149. The normalized spacial score (nSPS) is 15.1. The molecule has 2 aromatic rings. The number of anilines is 1. The molecule has 3 rings (SSSR count). The second kappa shape index (κ2) is 7.54. The van der Waals surface area contributed by atoms with Crippen LogP contribution in [0.2, 0.25) is 5.02 Å². The maximum absolute atomic E-state index is 12.4. The van der Waals surface area contributed by atoms with E-state index in [1.807, 2.05) is 36.4 Å². The topological polar surface area (TPSA) is 45.7 Å². The predicted molar refractivity (Wildman–Crippen MR) is 104 cm³/mol. The van der Waals surface area contributed by atoms with Crippen LogP contribution in [0.15, 0.2) is 42.6 Å². The molecule has 1 aliphatic heterocycles. The zero-order chi connectivity index (χ0) is 18.7. The van der Waals surface area contributed by atoms with E-state index in [2.05, 4.69) is 30.7 Å². The number of aromatic nitrogens is 1. The first-order valence-corrected chi connectivity index (χ1v) is 9.15. The van der Waals surface area contributed by atoms with E-state index < -0.39 is 0 Å². The molecule has 1 amide bonds. The summed E-state index contributed by atoms with van der Waals surface area (Å²) >= 11 is 6.20. The average molecular weight is 374 g/mol. The number of rotatable bonds is 2. The Morgan fingerprint density at radius 3 is 2.31 bits per heavy atom. The van der Waals surface area contributed by atoms with Gasteiger partial charge in [0.05, 0.1) is 5.02 Å². The second-order valence-corrected chi connectivity index (χ2v) is 7.83. The van der Waals surface area contributed by atoms with Crippen molar-refractivity contribution in [2.24, 2.45) is 0 Å². The van der Waals surface area contributed by atoms with Crippen molar-refractivity contribution in [1.82, 2.24) is 9.88 Å². The molecule has 138 valence electrons. The molecule has 0 spiro atoms. The Kier molecular flexibility index (Phi) is 5.37. The van der Waals surface area contributed by atoms with E-state index in [1.54, 1.807) is 11.1 Å². The van der Waals surface area contributed by atoms with Gasteiger partial charge in [0.1, 0.15) is 11.6 Å². The molecule has 0 bridgehead atoms. The zero-order valence-corrected chi connectivity index (χ0v) is 16.2. The molecule has 0 saturated carbocycles. The summed E-state index contributed by atoms with van der Waals surface area (Å²) in [5.74, 6) is 1.33. The first-order chi connectivity index (χ1) is 12.3. The van der Waals surface area contributed by atoms with Gasteiger partial charge in [-0.2, -0.15) is 0 Å². The minimum Gasteiger partial charge on any atom is -0.410 e. The number of piperazine rings is 1. The number of carbonyl (C=O) groups is 1. The van der Waals surface area contributed by atoms with Crippen LogP contribution in [0.25, 0.3) is 0 Å². The highest BCUT2D eigenvalue weighted by molar-refractivity contribution is 6.32. The SMILES string of the molecule is CC(C)(C)c1ccc(OC(=O)N2CCN(c3ncccc3Cl)CC2)cc1. The van der Waals surface area contributed by atoms with Gasteiger partial charge in [0, 0.05) is 32.4 Å². The fraction of sp³-hybridized carbons (Fsp3) is 0.400. The summed E-state index contributed by atoms with van der Waals surface area (Å²) in [6.07, 6.45) is 1.41. The van der Waals surface area contributed by atoms with Crippen molar-refractivity contribution in [2.75, 3.05) is 31.1 Å². The third-order valence-corrected chi connectivity index (χ3v) is 4.80. The van der Waals surface area contributed by atoms with Crippen LogP contribution >= 0.6 is 11.6 Å². The minimum absolute atomic E-state index is 0.0750. The van der Waals surface area contributed by atoms with Gasteiger partial charge in [0.25, 0.3) is 0 Å². The van der Waals surface area contributed by atoms with Crippen molar-refractivity contribution in [2.45, 2.75) is 26.2 Å². The number of amides is 1. The minimum atomic E-state index is -0.319. The Morgan fingerprint density at radius 1 is 1.08 bits per heavy atom. The monoisotopic (exact) mass is 373 g/mol. The van der Waals surface area contributed by atoms with E-state index in [1.165, 1.54) is 5.56 Å². The lowest BCUT2D eigenvalue weighted by Gasteiger charge is -2.35. The van der Waals surface area contributed by atoms with Crippen LogP contribution in [-0.4, -0.2) is 42.2 Å². The maximum atomic E-state index is 12.4. The van der Waals surface area contributed by atoms with Gasteiger partial charge >= 0.3 is 6.09 Å². The molecule has 1 fully saturated rings. The Hall–Kier alpha value is -2.27. The Balaban J connectivity index is 1.56. The van der Waals surface area contributed by atoms with Crippen molar-refractivity contribution in [3.8, 4) is 5.75 Å².